The lowest BCUT2D eigenvalue weighted by Gasteiger charge is -2.08. The van der Waals surface area contributed by atoms with E-state index in [9.17, 15) is 9.65 Å². The van der Waals surface area contributed by atoms with Crippen LogP contribution in [0, 0.1) is 17.1 Å². The smallest absolute Gasteiger partial charge is 0.167 e. The van der Waals surface area contributed by atoms with Gasteiger partial charge in [0.2, 0.25) is 0 Å². The van der Waals surface area contributed by atoms with Crippen LogP contribution in [-0.2, 0) is 6.54 Å². The van der Waals surface area contributed by atoms with E-state index in [1.54, 1.807) is 28.8 Å². The van der Waals surface area contributed by atoms with E-state index in [0.717, 1.165) is 0 Å². The Morgan fingerprint density at radius 3 is 2.91 bits per heavy atom. The van der Waals surface area contributed by atoms with Gasteiger partial charge in [-0.05, 0) is 12.1 Å². The first-order chi connectivity index (χ1) is 10.7. The Morgan fingerprint density at radius 1 is 1.32 bits per heavy atom. The second-order valence-electron chi connectivity index (χ2n) is 4.60. The zero-order valence-corrected chi connectivity index (χ0v) is 12.2. The molecule has 2 heterocycles. The minimum atomic E-state index is -0.483. The van der Waals surface area contributed by atoms with Gasteiger partial charge in [-0.15, -0.1) is 0 Å². The SMILES string of the molecule is N#Cc1c(F)c2ccccc2n1CCNc1cc(Cl)ncn1. The van der Waals surface area contributed by atoms with Crippen LogP contribution >= 0.6 is 11.6 Å². The van der Waals surface area contributed by atoms with E-state index in [1.165, 1.54) is 6.33 Å². The van der Waals surface area contributed by atoms with Gasteiger partial charge in [-0.25, -0.2) is 14.4 Å². The number of aromatic nitrogens is 3. The van der Waals surface area contributed by atoms with Gasteiger partial charge in [-0.2, -0.15) is 5.26 Å². The van der Waals surface area contributed by atoms with Crippen molar-refractivity contribution in [2.24, 2.45) is 0 Å². The fraction of sp³-hybridized carbons (Fsp3) is 0.133. The minimum absolute atomic E-state index is 0.0312. The van der Waals surface area contributed by atoms with Gasteiger partial charge in [-0.1, -0.05) is 23.7 Å². The third kappa shape index (κ3) is 2.59. The Kier molecular flexibility index (Phi) is 3.90. The lowest BCUT2D eigenvalue weighted by Crippen LogP contribution is -2.12. The molecule has 0 radical (unpaired) electrons. The second kappa shape index (κ2) is 6.00. The van der Waals surface area contributed by atoms with Crippen molar-refractivity contribution in [2.75, 3.05) is 11.9 Å². The molecule has 0 saturated heterocycles. The number of halogens is 2. The highest BCUT2D eigenvalue weighted by atomic mass is 35.5. The number of nitrogens with zero attached hydrogens (tertiary/aromatic N) is 4. The molecule has 0 saturated carbocycles. The van der Waals surface area contributed by atoms with E-state index < -0.39 is 5.82 Å². The molecule has 0 spiro atoms. The van der Waals surface area contributed by atoms with E-state index in [4.69, 9.17) is 11.6 Å². The molecule has 0 bridgehead atoms. The molecule has 0 aliphatic heterocycles. The van der Waals surface area contributed by atoms with Gasteiger partial charge in [0.1, 0.15) is 23.4 Å². The molecular weight excluding hydrogens is 305 g/mol. The van der Waals surface area contributed by atoms with Gasteiger partial charge < -0.3 is 9.88 Å². The number of hydrogen-bond donors (Lipinski definition) is 1. The number of rotatable bonds is 4. The number of nitrogens with one attached hydrogen (secondary N) is 1. The van der Waals surface area contributed by atoms with Crippen molar-refractivity contribution in [2.45, 2.75) is 6.54 Å². The summed E-state index contributed by atoms with van der Waals surface area (Å²) in [5.41, 5.74) is 0.725. The number of hydrogen-bond acceptors (Lipinski definition) is 4. The van der Waals surface area contributed by atoms with Crippen molar-refractivity contribution < 1.29 is 4.39 Å². The summed E-state index contributed by atoms with van der Waals surface area (Å²) in [5, 5.41) is 13.0. The Morgan fingerprint density at radius 2 is 2.14 bits per heavy atom. The summed E-state index contributed by atoms with van der Waals surface area (Å²) in [6.45, 7) is 0.898. The molecule has 1 N–H and O–H groups in total. The first kappa shape index (κ1) is 14.3. The molecule has 110 valence electrons. The highest BCUT2D eigenvalue weighted by Gasteiger charge is 2.16. The van der Waals surface area contributed by atoms with Crippen LogP contribution in [0.1, 0.15) is 5.69 Å². The van der Waals surface area contributed by atoms with E-state index in [-0.39, 0.29) is 5.69 Å². The van der Waals surface area contributed by atoms with Crippen LogP contribution in [0.5, 0.6) is 0 Å². The molecule has 0 atom stereocenters. The number of para-hydroxylation sites is 1. The highest BCUT2D eigenvalue weighted by molar-refractivity contribution is 6.29. The Hall–Kier alpha value is -2.65. The molecule has 1 aromatic carbocycles. The zero-order chi connectivity index (χ0) is 15.5. The predicted molar refractivity (Wildman–Crippen MR) is 82.1 cm³/mol. The molecule has 2 aromatic heterocycles. The van der Waals surface area contributed by atoms with Gasteiger partial charge >= 0.3 is 0 Å². The van der Waals surface area contributed by atoms with Crippen LogP contribution in [0.25, 0.3) is 10.9 Å². The molecule has 5 nitrogen and oxygen atoms in total. The number of benzene rings is 1. The maximum absolute atomic E-state index is 14.2. The number of fused-ring (bicyclic) bond motifs is 1. The standard InChI is InChI=1S/C15H11ClFN5/c16-13-7-14(21-9-20-13)19-5-6-22-11-4-2-1-3-10(11)15(17)12(22)8-18/h1-4,7,9H,5-6H2,(H,19,20,21). The van der Waals surface area contributed by atoms with Crippen molar-refractivity contribution in [3.05, 3.63) is 53.3 Å². The maximum Gasteiger partial charge on any atom is 0.167 e. The van der Waals surface area contributed by atoms with E-state index in [2.05, 4.69) is 15.3 Å². The van der Waals surface area contributed by atoms with E-state index >= 15 is 0 Å². The van der Waals surface area contributed by atoms with Crippen LogP contribution in [0.4, 0.5) is 10.2 Å². The molecule has 0 fully saturated rings. The summed E-state index contributed by atoms with van der Waals surface area (Å²) in [6, 6.07) is 10.5. The summed E-state index contributed by atoms with van der Waals surface area (Å²) in [5.74, 6) is 0.0959. The topological polar surface area (TPSA) is 66.5 Å². The number of nitriles is 1. The average molecular weight is 316 g/mol. The van der Waals surface area contributed by atoms with Gasteiger partial charge in [0, 0.05) is 24.5 Å². The lowest BCUT2D eigenvalue weighted by molar-refractivity contribution is 0.618. The van der Waals surface area contributed by atoms with Crippen molar-refractivity contribution in [1.29, 1.82) is 5.26 Å². The molecule has 0 aliphatic carbocycles. The fourth-order valence-corrected chi connectivity index (χ4v) is 2.48. The second-order valence-corrected chi connectivity index (χ2v) is 4.98. The van der Waals surface area contributed by atoms with Crippen LogP contribution in [0.15, 0.2) is 36.7 Å². The van der Waals surface area contributed by atoms with Crippen molar-refractivity contribution in [3.63, 3.8) is 0 Å². The Balaban J connectivity index is 1.84. The Bertz CT molecular complexity index is 868. The summed E-state index contributed by atoms with van der Waals surface area (Å²) in [6.07, 6.45) is 1.36. The molecule has 0 unspecified atom stereocenters. The van der Waals surface area contributed by atoms with Crippen molar-refractivity contribution in [1.82, 2.24) is 14.5 Å². The summed E-state index contributed by atoms with van der Waals surface area (Å²) >= 11 is 5.78. The molecule has 0 amide bonds. The zero-order valence-electron chi connectivity index (χ0n) is 11.4. The lowest BCUT2D eigenvalue weighted by atomic mass is 10.2. The molecular formula is C15H11ClFN5. The van der Waals surface area contributed by atoms with Gasteiger partial charge in [0.25, 0.3) is 0 Å². The first-order valence-electron chi connectivity index (χ1n) is 6.59. The molecule has 3 rings (SSSR count). The van der Waals surface area contributed by atoms with Gasteiger partial charge in [-0.3, -0.25) is 0 Å². The molecule has 0 aliphatic rings. The van der Waals surface area contributed by atoms with Gasteiger partial charge in [0.05, 0.1) is 5.52 Å². The van der Waals surface area contributed by atoms with Crippen LogP contribution in [-0.4, -0.2) is 21.1 Å². The molecule has 22 heavy (non-hydrogen) atoms. The normalized spacial score (nSPS) is 10.6. The average Bonchev–Trinajstić information content (AvgIpc) is 2.80. The maximum atomic E-state index is 14.2. The van der Waals surface area contributed by atoms with Crippen molar-refractivity contribution in [3.8, 4) is 6.07 Å². The summed E-state index contributed by atoms with van der Waals surface area (Å²) in [7, 11) is 0. The summed E-state index contributed by atoms with van der Waals surface area (Å²) in [4.78, 5) is 7.82. The quantitative estimate of drug-likeness (QED) is 0.751. The van der Waals surface area contributed by atoms with Crippen LogP contribution < -0.4 is 5.32 Å². The third-order valence-corrected chi connectivity index (χ3v) is 3.50. The van der Waals surface area contributed by atoms with Crippen LogP contribution in [0.3, 0.4) is 0 Å². The first-order valence-corrected chi connectivity index (χ1v) is 6.96. The van der Waals surface area contributed by atoms with Gasteiger partial charge in [0.15, 0.2) is 11.5 Å². The molecule has 3 aromatic rings. The van der Waals surface area contributed by atoms with Crippen molar-refractivity contribution >= 4 is 28.3 Å². The molecule has 7 heteroatoms. The number of anilines is 1. The van der Waals surface area contributed by atoms with Crippen LogP contribution in [0.2, 0.25) is 5.15 Å². The fourth-order valence-electron chi connectivity index (χ4n) is 2.33. The highest BCUT2D eigenvalue weighted by Crippen LogP contribution is 2.24. The monoisotopic (exact) mass is 315 g/mol. The van der Waals surface area contributed by atoms with E-state index in [1.807, 2.05) is 12.1 Å². The minimum Gasteiger partial charge on any atom is -0.368 e. The summed E-state index contributed by atoms with van der Waals surface area (Å²) < 4.78 is 15.8. The predicted octanol–water partition coefficient (Wildman–Crippen LogP) is 3.21. The largest absolute Gasteiger partial charge is 0.368 e. The third-order valence-electron chi connectivity index (χ3n) is 3.29. The van der Waals surface area contributed by atoms with E-state index in [0.29, 0.717) is 35.0 Å². The Labute approximate surface area is 131 Å².